The molecule has 0 unspecified atom stereocenters. The molecule has 29 heavy (non-hydrogen) atoms. The summed E-state index contributed by atoms with van der Waals surface area (Å²) in [5.74, 6) is -0.338. The highest BCUT2D eigenvalue weighted by Crippen LogP contribution is 2.27. The van der Waals surface area contributed by atoms with Crippen LogP contribution in [0.2, 0.25) is 0 Å². The molecule has 2 aromatic carbocycles. The molecule has 0 bridgehead atoms. The number of nitro groups is 1. The molecule has 9 nitrogen and oxygen atoms in total. The zero-order valence-corrected chi connectivity index (χ0v) is 15.8. The summed E-state index contributed by atoms with van der Waals surface area (Å²) in [6, 6.07) is 13.0. The van der Waals surface area contributed by atoms with Crippen molar-refractivity contribution in [1.82, 2.24) is 5.43 Å². The summed E-state index contributed by atoms with van der Waals surface area (Å²) in [7, 11) is 0. The van der Waals surface area contributed by atoms with Crippen molar-refractivity contribution in [2.75, 3.05) is 18.1 Å². The number of carbonyl (C=O) groups is 2. The molecule has 0 saturated carbocycles. The number of nitrogens with one attached hydrogen (secondary N) is 1. The molecule has 0 aromatic heterocycles. The summed E-state index contributed by atoms with van der Waals surface area (Å²) >= 11 is 0. The van der Waals surface area contributed by atoms with Crippen LogP contribution in [0.1, 0.15) is 18.9 Å². The molecule has 1 aliphatic heterocycles. The van der Waals surface area contributed by atoms with Gasteiger partial charge in [-0.1, -0.05) is 12.1 Å². The molecular weight excluding hydrogens is 376 g/mol. The minimum Gasteiger partial charge on any atom is -0.494 e. The molecule has 1 aliphatic rings. The second-order valence-electron chi connectivity index (χ2n) is 6.42. The van der Waals surface area contributed by atoms with Crippen molar-refractivity contribution in [3.05, 3.63) is 64.2 Å². The number of carbonyl (C=O) groups excluding carboxylic acids is 2. The lowest BCUT2D eigenvalue weighted by Crippen LogP contribution is -2.30. The van der Waals surface area contributed by atoms with E-state index in [1.807, 2.05) is 6.92 Å². The fourth-order valence-corrected chi connectivity index (χ4v) is 3.00. The van der Waals surface area contributed by atoms with Crippen LogP contribution in [0, 0.1) is 16.0 Å². The van der Waals surface area contributed by atoms with E-state index in [4.69, 9.17) is 4.74 Å². The van der Waals surface area contributed by atoms with Crippen LogP contribution >= 0.6 is 0 Å². The highest BCUT2D eigenvalue weighted by molar-refractivity contribution is 6.00. The summed E-state index contributed by atoms with van der Waals surface area (Å²) in [6.07, 6.45) is 1.41. The first-order valence-corrected chi connectivity index (χ1v) is 9.08. The Bertz CT molecular complexity index is 942. The number of hydrazone groups is 1. The Morgan fingerprint density at radius 3 is 2.79 bits per heavy atom. The highest BCUT2D eigenvalue weighted by atomic mass is 16.6. The number of rotatable bonds is 7. The van der Waals surface area contributed by atoms with Crippen molar-refractivity contribution in [2.45, 2.75) is 13.3 Å². The Morgan fingerprint density at radius 2 is 2.10 bits per heavy atom. The number of benzene rings is 2. The molecule has 3 rings (SSSR count). The Hall–Kier alpha value is -3.75. The van der Waals surface area contributed by atoms with Crippen LogP contribution in [0.15, 0.2) is 53.6 Å². The van der Waals surface area contributed by atoms with E-state index in [-0.39, 0.29) is 30.5 Å². The fourth-order valence-electron chi connectivity index (χ4n) is 3.00. The molecular formula is C20H20N4O5. The maximum absolute atomic E-state index is 12.3. The first-order chi connectivity index (χ1) is 14.0. The van der Waals surface area contributed by atoms with Gasteiger partial charge >= 0.3 is 0 Å². The van der Waals surface area contributed by atoms with Gasteiger partial charge in [-0.15, -0.1) is 0 Å². The normalized spacial score (nSPS) is 16.2. The monoisotopic (exact) mass is 396 g/mol. The van der Waals surface area contributed by atoms with Crippen molar-refractivity contribution in [1.29, 1.82) is 0 Å². The molecule has 9 heteroatoms. The third-order valence-corrected chi connectivity index (χ3v) is 4.42. The number of nitrogens with zero attached hydrogens (tertiary/aromatic N) is 3. The maximum atomic E-state index is 12.3. The summed E-state index contributed by atoms with van der Waals surface area (Å²) in [5, 5.41) is 14.6. The van der Waals surface area contributed by atoms with E-state index in [2.05, 4.69) is 10.5 Å². The largest absolute Gasteiger partial charge is 0.494 e. The Labute approximate surface area is 167 Å². The molecule has 2 aromatic rings. The van der Waals surface area contributed by atoms with Gasteiger partial charge < -0.3 is 9.64 Å². The van der Waals surface area contributed by atoms with E-state index < -0.39 is 10.8 Å². The van der Waals surface area contributed by atoms with Crippen LogP contribution in [-0.2, 0) is 9.59 Å². The van der Waals surface area contributed by atoms with Gasteiger partial charge in [0.25, 0.3) is 5.69 Å². The van der Waals surface area contributed by atoms with Crippen molar-refractivity contribution in [3.63, 3.8) is 0 Å². The second kappa shape index (κ2) is 8.96. The number of non-ortho nitro benzene ring substituents is 1. The van der Waals surface area contributed by atoms with Crippen LogP contribution in [0.4, 0.5) is 11.4 Å². The van der Waals surface area contributed by atoms with Crippen molar-refractivity contribution < 1.29 is 19.2 Å². The Kier molecular flexibility index (Phi) is 6.18. The van der Waals surface area contributed by atoms with Gasteiger partial charge in [0, 0.05) is 36.3 Å². The average Bonchev–Trinajstić information content (AvgIpc) is 3.11. The first-order valence-electron chi connectivity index (χ1n) is 9.08. The lowest BCUT2D eigenvalue weighted by Gasteiger charge is -2.17. The van der Waals surface area contributed by atoms with Crippen molar-refractivity contribution >= 4 is 29.4 Å². The number of hydrogen-bond donors (Lipinski definition) is 1. The van der Waals surface area contributed by atoms with Gasteiger partial charge in [-0.25, -0.2) is 5.43 Å². The minimum atomic E-state index is -0.531. The van der Waals surface area contributed by atoms with E-state index in [1.54, 1.807) is 35.2 Å². The van der Waals surface area contributed by atoms with Gasteiger partial charge in [0.15, 0.2) is 0 Å². The van der Waals surface area contributed by atoms with E-state index in [1.165, 1.54) is 24.4 Å². The van der Waals surface area contributed by atoms with Crippen molar-refractivity contribution in [2.24, 2.45) is 11.0 Å². The van der Waals surface area contributed by atoms with E-state index in [0.29, 0.717) is 23.6 Å². The molecule has 1 heterocycles. The summed E-state index contributed by atoms with van der Waals surface area (Å²) in [6.45, 7) is 2.70. The van der Waals surface area contributed by atoms with Crippen LogP contribution in [-0.4, -0.2) is 36.1 Å². The molecule has 2 amide bonds. The second-order valence-corrected chi connectivity index (χ2v) is 6.42. The Morgan fingerprint density at radius 1 is 1.34 bits per heavy atom. The number of ether oxygens (including phenoxy) is 1. The van der Waals surface area contributed by atoms with Crippen LogP contribution in [0.25, 0.3) is 0 Å². The maximum Gasteiger partial charge on any atom is 0.270 e. The lowest BCUT2D eigenvalue weighted by molar-refractivity contribution is -0.384. The fraction of sp³-hybridized carbons (Fsp3) is 0.250. The molecule has 1 N–H and O–H groups in total. The molecule has 1 saturated heterocycles. The average molecular weight is 396 g/mol. The van der Waals surface area contributed by atoms with Crippen molar-refractivity contribution in [3.8, 4) is 5.75 Å². The summed E-state index contributed by atoms with van der Waals surface area (Å²) < 4.78 is 5.39. The van der Waals surface area contributed by atoms with Gasteiger partial charge in [0.1, 0.15) is 5.75 Å². The Balaban J connectivity index is 1.58. The molecule has 1 fully saturated rings. The molecule has 0 spiro atoms. The van der Waals surface area contributed by atoms with Gasteiger partial charge in [-0.05, 0) is 31.2 Å². The predicted molar refractivity (Wildman–Crippen MR) is 107 cm³/mol. The molecule has 150 valence electrons. The van der Waals surface area contributed by atoms with Gasteiger partial charge in [0.05, 0.1) is 23.7 Å². The van der Waals surface area contributed by atoms with Gasteiger partial charge in [-0.2, -0.15) is 5.10 Å². The van der Waals surface area contributed by atoms with Crippen LogP contribution in [0.5, 0.6) is 5.75 Å². The van der Waals surface area contributed by atoms with Gasteiger partial charge in [0.2, 0.25) is 11.8 Å². The summed E-state index contributed by atoms with van der Waals surface area (Å²) in [5.41, 5.74) is 3.53. The number of anilines is 1. The zero-order chi connectivity index (χ0) is 20.8. The quantitative estimate of drug-likeness (QED) is 0.439. The molecule has 1 atom stereocenters. The van der Waals surface area contributed by atoms with E-state index in [9.17, 15) is 19.7 Å². The molecule has 0 radical (unpaired) electrons. The first kappa shape index (κ1) is 20.0. The summed E-state index contributed by atoms with van der Waals surface area (Å²) in [4.78, 5) is 36.5. The minimum absolute atomic E-state index is 0.0623. The molecule has 0 aliphatic carbocycles. The number of nitro benzene ring substituents is 1. The van der Waals surface area contributed by atoms with E-state index in [0.717, 1.165) is 0 Å². The SMILES string of the molecule is CCOc1ccc(N2C[C@@H](C(=O)N/N=C\c3cccc([N+](=O)[O-])c3)CC2=O)cc1. The highest BCUT2D eigenvalue weighted by Gasteiger charge is 2.35. The number of hydrogen-bond acceptors (Lipinski definition) is 6. The van der Waals surface area contributed by atoms with Gasteiger partial charge in [-0.3, -0.25) is 19.7 Å². The standard InChI is InChI=1S/C20H20N4O5/c1-2-29-18-8-6-16(7-9-18)23-13-15(11-19(23)25)20(26)22-21-12-14-4-3-5-17(10-14)24(27)28/h3-10,12,15H,2,11,13H2,1H3,(H,22,26)/b21-12-/t15-/m0/s1. The third-order valence-electron chi connectivity index (χ3n) is 4.42. The van der Waals surface area contributed by atoms with Crippen LogP contribution < -0.4 is 15.1 Å². The third kappa shape index (κ3) is 4.95. The number of amides is 2. The topological polar surface area (TPSA) is 114 Å². The lowest BCUT2D eigenvalue weighted by atomic mass is 10.1. The smallest absolute Gasteiger partial charge is 0.270 e. The van der Waals surface area contributed by atoms with Crippen LogP contribution in [0.3, 0.4) is 0 Å². The van der Waals surface area contributed by atoms with E-state index >= 15 is 0 Å². The zero-order valence-electron chi connectivity index (χ0n) is 15.8. The predicted octanol–water partition coefficient (Wildman–Crippen LogP) is 2.50.